The molecule has 0 aliphatic carbocycles. The van der Waals surface area contributed by atoms with Crippen LogP contribution in [0, 0.1) is 0 Å². The maximum Gasteiger partial charge on any atom is 0.179 e. The van der Waals surface area contributed by atoms with Crippen molar-refractivity contribution in [1.29, 1.82) is 0 Å². The molecule has 0 bridgehead atoms. The Kier molecular flexibility index (Phi) is 2.06. The molecule has 10 heavy (non-hydrogen) atoms. The Morgan fingerprint density at radius 3 is 1.80 bits per heavy atom. The maximum absolute atomic E-state index is 5.07. The average molecular weight is 154 g/mol. The summed E-state index contributed by atoms with van der Waals surface area (Å²) in [6, 6.07) is 0. The molecule has 0 aromatic heterocycles. The van der Waals surface area contributed by atoms with Gasteiger partial charge < -0.3 is 9.80 Å². The molecule has 0 aromatic carbocycles. The van der Waals surface area contributed by atoms with Crippen LogP contribution < -0.4 is 0 Å². The van der Waals surface area contributed by atoms with E-state index in [0.29, 0.717) is 0 Å². The zero-order valence-electron chi connectivity index (χ0n) is 5.79. The van der Waals surface area contributed by atoms with Crippen LogP contribution in [0.15, 0.2) is 25.6 Å². The molecule has 0 N–H and O–H groups in total. The van der Waals surface area contributed by atoms with E-state index in [1.54, 1.807) is 12.4 Å². The summed E-state index contributed by atoms with van der Waals surface area (Å²) < 4.78 is 0. The first-order chi connectivity index (χ1) is 4.79. The lowest BCUT2D eigenvalue weighted by Gasteiger charge is -2.13. The average Bonchev–Trinajstić information content (AvgIpc) is 2.30. The molecule has 1 aliphatic heterocycles. The van der Waals surface area contributed by atoms with Gasteiger partial charge in [0.05, 0.1) is 0 Å². The molecule has 0 spiro atoms. The van der Waals surface area contributed by atoms with Gasteiger partial charge in [0.15, 0.2) is 5.11 Å². The molecule has 1 aliphatic rings. The van der Waals surface area contributed by atoms with Gasteiger partial charge >= 0.3 is 0 Å². The summed E-state index contributed by atoms with van der Waals surface area (Å²) >= 11 is 5.07. The van der Waals surface area contributed by atoms with Gasteiger partial charge in [-0.3, -0.25) is 0 Å². The maximum atomic E-state index is 5.07. The summed E-state index contributed by atoms with van der Waals surface area (Å²) in [6.45, 7) is 9.13. The van der Waals surface area contributed by atoms with Crippen LogP contribution in [0.2, 0.25) is 0 Å². The van der Waals surface area contributed by atoms with E-state index >= 15 is 0 Å². The van der Waals surface area contributed by atoms with Crippen molar-refractivity contribution in [3.63, 3.8) is 0 Å². The van der Waals surface area contributed by atoms with E-state index in [4.69, 9.17) is 12.2 Å². The second-order valence-corrected chi connectivity index (χ2v) is 2.40. The Morgan fingerprint density at radius 2 is 1.60 bits per heavy atom. The molecule has 1 fully saturated rings. The lowest BCUT2D eigenvalue weighted by atomic mass is 10.6. The van der Waals surface area contributed by atoms with Gasteiger partial charge in [0, 0.05) is 13.1 Å². The van der Waals surface area contributed by atoms with Crippen LogP contribution in [0.1, 0.15) is 0 Å². The van der Waals surface area contributed by atoms with Crippen LogP contribution in [0.3, 0.4) is 0 Å². The fourth-order valence-corrected chi connectivity index (χ4v) is 1.24. The number of thiocarbonyl (C=S) groups is 1. The van der Waals surface area contributed by atoms with Crippen LogP contribution in [0.25, 0.3) is 0 Å². The van der Waals surface area contributed by atoms with Crippen LogP contribution in [-0.4, -0.2) is 28.0 Å². The molecule has 2 nitrogen and oxygen atoms in total. The van der Waals surface area contributed by atoms with Gasteiger partial charge in [-0.25, -0.2) is 0 Å². The fourth-order valence-electron chi connectivity index (χ4n) is 0.910. The standard InChI is InChI=1S/C7H10N2S/c1-3-8-5-6-9(4-2)7(8)10/h3-4H,1-2,5-6H2. The van der Waals surface area contributed by atoms with Crippen molar-refractivity contribution in [2.75, 3.05) is 13.1 Å². The van der Waals surface area contributed by atoms with Crippen LogP contribution in [0.5, 0.6) is 0 Å². The Morgan fingerprint density at radius 1 is 1.20 bits per heavy atom. The smallest absolute Gasteiger partial charge is 0.179 e. The molecule has 0 amide bonds. The highest BCUT2D eigenvalue weighted by molar-refractivity contribution is 7.80. The zero-order chi connectivity index (χ0) is 7.56. The van der Waals surface area contributed by atoms with Crippen LogP contribution in [0.4, 0.5) is 0 Å². The fraction of sp³-hybridized carbons (Fsp3) is 0.286. The first-order valence-electron chi connectivity index (χ1n) is 3.12. The van der Waals surface area contributed by atoms with E-state index in [2.05, 4.69) is 13.2 Å². The molecule has 1 heterocycles. The summed E-state index contributed by atoms with van der Waals surface area (Å²) in [4.78, 5) is 3.86. The van der Waals surface area contributed by atoms with Crippen molar-refractivity contribution in [1.82, 2.24) is 9.80 Å². The largest absolute Gasteiger partial charge is 0.324 e. The van der Waals surface area contributed by atoms with Crippen molar-refractivity contribution in [2.24, 2.45) is 0 Å². The summed E-state index contributed by atoms with van der Waals surface area (Å²) in [7, 11) is 0. The minimum atomic E-state index is 0.796. The predicted octanol–water partition coefficient (Wildman–Crippen LogP) is 1.18. The quantitative estimate of drug-likeness (QED) is 0.551. The van der Waals surface area contributed by atoms with Crippen molar-refractivity contribution in [3.8, 4) is 0 Å². The van der Waals surface area contributed by atoms with Crippen molar-refractivity contribution in [2.45, 2.75) is 0 Å². The third-order valence-electron chi connectivity index (χ3n) is 1.51. The van der Waals surface area contributed by atoms with Crippen molar-refractivity contribution < 1.29 is 0 Å². The van der Waals surface area contributed by atoms with E-state index in [-0.39, 0.29) is 0 Å². The molecule has 0 aromatic rings. The summed E-state index contributed by atoms with van der Waals surface area (Å²) in [5, 5.41) is 0.796. The minimum absolute atomic E-state index is 0.796. The van der Waals surface area contributed by atoms with E-state index in [1.807, 2.05) is 9.80 Å². The van der Waals surface area contributed by atoms with Crippen molar-refractivity contribution in [3.05, 3.63) is 25.6 Å². The number of nitrogens with zero attached hydrogens (tertiary/aromatic N) is 2. The molecular weight excluding hydrogens is 144 g/mol. The van der Waals surface area contributed by atoms with E-state index in [9.17, 15) is 0 Å². The molecule has 1 saturated heterocycles. The highest BCUT2D eigenvalue weighted by Gasteiger charge is 2.19. The number of hydrogen-bond acceptors (Lipinski definition) is 1. The van der Waals surface area contributed by atoms with Gasteiger partial charge in [0.2, 0.25) is 0 Å². The SMILES string of the molecule is C=CN1CCN(C=C)C1=S. The third-order valence-corrected chi connectivity index (χ3v) is 1.98. The molecule has 3 heteroatoms. The Hall–Kier alpha value is -0.830. The van der Waals surface area contributed by atoms with Gasteiger partial charge in [-0.2, -0.15) is 0 Å². The Labute approximate surface area is 66.4 Å². The minimum Gasteiger partial charge on any atom is -0.324 e. The lowest BCUT2D eigenvalue weighted by Crippen LogP contribution is -2.23. The first kappa shape index (κ1) is 7.28. The third kappa shape index (κ3) is 1.04. The monoisotopic (exact) mass is 154 g/mol. The highest BCUT2D eigenvalue weighted by atomic mass is 32.1. The second kappa shape index (κ2) is 2.84. The van der Waals surface area contributed by atoms with Crippen LogP contribution in [-0.2, 0) is 0 Å². The second-order valence-electron chi connectivity index (χ2n) is 2.03. The summed E-state index contributed by atoms with van der Waals surface area (Å²) in [6.07, 6.45) is 3.48. The zero-order valence-corrected chi connectivity index (χ0v) is 6.60. The molecule has 0 radical (unpaired) electrons. The molecule has 0 unspecified atom stereocenters. The highest BCUT2D eigenvalue weighted by Crippen LogP contribution is 2.08. The number of hydrogen-bond donors (Lipinski definition) is 0. The van der Waals surface area contributed by atoms with Crippen molar-refractivity contribution >= 4 is 17.3 Å². The molecule has 1 rings (SSSR count). The van der Waals surface area contributed by atoms with Crippen LogP contribution >= 0.6 is 12.2 Å². The normalized spacial score (nSPS) is 17.8. The van der Waals surface area contributed by atoms with E-state index in [0.717, 1.165) is 18.2 Å². The molecule has 0 atom stereocenters. The molecule has 0 saturated carbocycles. The topological polar surface area (TPSA) is 6.48 Å². The van der Waals surface area contributed by atoms with Gasteiger partial charge in [0.1, 0.15) is 0 Å². The lowest BCUT2D eigenvalue weighted by molar-refractivity contribution is 0.604. The predicted molar refractivity (Wildman–Crippen MR) is 46.4 cm³/mol. The summed E-state index contributed by atoms with van der Waals surface area (Å²) in [5.74, 6) is 0. The van der Waals surface area contributed by atoms with Gasteiger partial charge in [0.25, 0.3) is 0 Å². The Bertz CT molecular complexity index is 158. The Balaban J connectivity index is 2.66. The van der Waals surface area contributed by atoms with Gasteiger partial charge in [-0.1, -0.05) is 13.2 Å². The van der Waals surface area contributed by atoms with E-state index in [1.165, 1.54) is 0 Å². The molecule has 54 valence electrons. The van der Waals surface area contributed by atoms with Gasteiger partial charge in [-0.05, 0) is 24.6 Å². The first-order valence-corrected chi connectivity index (χ1v) is 3.52. The number of rotatable bonds is 2. The van der Waals surface area contributed by atoms with E-state index < -0.39 is 0 Å². The summed E-state index contributed by atoms with van der Waals surface area (Å²) in [5.41, 5.74) is 0. The molecular formula is C7H10N2S. The van der Waals surface area contributed by atoms with Gasteiger partial charge in [-0.15, -0.1) is 0 Å².